The van der Waals surface area contributed by atoms with Crippen molar-refractivity contribution in [1.29, 1.82) is 0 Å². The summed E-state index contributed by atoms with van der Waals surface area (Å²) in [4.78, 5) is 0. The SMILES string of the molecule is CCCCCCOCCOCCO[Si]CCC. The largest absolute Gasteiger partial charge is 0.415 e. The van der Waals surface area contributed by atoms with E-state index in [2.05, 4.69) is 13.8 Å². The van der Waals surface area contributed by atoms with Crippen molar-refractivity contribution >= 4 is 9.76 Å². The molecule has 0 amide bonds. The Morgan fingerprint density at radius 2 is 1.41 bits per heavy atom. The summed E-state index contributed by atoms with van der Waals surface area (Å²) in [5, 5.41) is 0. The van der Waals surface area contributed by atoms with E-state index in [1.165, 1.54) is 38.1 Å². The number of hydrogen-bond donors (Lipinski definition) is 0. The van der Waals surface area contributed by atoms with Gasteiger partial charge in [-0.05, 0) is 12.5 Å². The molecule has 0 N–H and O–H groups in total. The molecular weight excluding hydrogens is 232 g/mol. The second-order valence-electron chi connectivity index (χ2n) is 4.03. The van der Waals surface area contributed by atoms with Crippen molar-refractivity contribution in [3.8, 4) is 0 Å². The zero-order valence-electron chi connectivity index (χ0n) is 11.5. The molecule has 0 unspecified atom stereocenters. The third-order valence-electron chi connectivity index (χ3n) is 2.30. The summed E-state index contributed by atoms with van der Waals surface area (Å²) in [6.07, 6.45) is 6.25. The molecule has 0 aliphatic rings. The normalized spacial score (nSPS) is 10.9. The lowest BCUT2D eigenvalue weighted by molar-refractivity contribution is 0.0356. The van der Waals surface area contributed by atoms with Crippen LogP contribution < -0.4 is 0 Å². The first-order valence-electron chi connectivity index (χ1n) is 6.92. The maximum absolute atomic E-state index is 5.46. The minimum atomic E-state index is 0.633. The highest BCUT2D eigenvalue weighted by Crippen LogP contribution is 1.98. The van der Waals surface area contributed by atoms with E-state index in [0.29, 0.717) is 29.6 Å². The van der Waals surface area contributed by atoms with Gasteiger partial charge in [-0.15, -0.1) is 0 Å². The lowest BCUT2D eigenvalue weighted by atomic mass is 10.2. The highest BCUT2D eigenvalue weighted by Gasteiger charge is 1.92. The van der Waals surface area contributed by atoms with E-state index in [9.17, 15) is 0 Å². The maximum atomic E-state index is 5.46. The Kier molecular flexibility index (Phi) is 16.2. The van der Waals surface area contributed by atoms with Gasteiger partial charge in [0, 0.05) is 6.61 Å². The van der Waals surface area contributed by atoms with Gasteiger partial charge in [-0.1, -0.05) is 39.5 Å². The van der Waals surface area contributed by atoms with Gasteiger partial charge in [0.15, 0.2) is 0 Å². The quantitative estimate of drug-likeness (QED) is 0.355. The van der Waals surface area contributed by atoms with E-state index in [1.54, 1.807) is 0 Å². The molecule has 0 rings (SSSR count). The molecule has 0 aliphatic carbocycles. The summed E-state index contributed by atoms with van der Waals surface area (Å²) >= 11 is 0. The fourth-order valence-electron chi connectivity index (χ4n) is 1.30. The zero-order valence-corrected chi connectivity index (χ0v) is 12.5. The van der Waals surface area contributed by atoms with Crippen LogP contribution in [0.2, 0.25) is 6.04 Å². The molecule has 0 spiro atoms. The van der Waals surface area contributed by atoms with Crippen molar-refractivity contribution in [2.45, 2.75) is 52.0 Å². The second kappa shape index (κ2) is 16.1. The van der Waals surface area contributed by atoms with Crippen LogP contribution in [0.4, 0.5) is 0 Å². The molecule has 0 atom stereocenters. The van der Waals surface area contributed by atoms with Crippen molar-refractivity contribution in [1.82, 2.24) is 0 Å². The summed E-state index contributed by atoms with van der Waals surface area (Å²) < 4.78 is 16.3. The van der Waals surface area contributed by atoms with Crippen LogP contribution in [0.3, 0.4) is 0 Å². The number of unbranched alkanes of at least 4 members (excludes halogenated alkanes) is 3. The van der Waals surface area contributed by atoms with Gasteiger partial charge >= 0.3 is 0 Å². The molecule has 4 heteroatoms. The van der Waals surface area contributed by atoms with E-state index in [4.69, 9.17) is 13.9 Å². The van der Waals surface area contributed by atoms with Crippen LogP contribution in [-0.2, 0) is 13.9 Å². The fraction of sp³-hybridized carbons (Fsp3) is 1.00. The minimum absolute atomic E-state index is 0.633. The first kappa shape index (κ1) is 17.1. The Bertz CT molecular complexity index is 120. The van der Waals surface area contributed by atoms with Crippen LogP contribution in [0, 0.1) is 0 Å². The molecule has 0 bridgehead atoms. The smallest absolute Gasteiger partial charge is 0.229 e. The van der Waals surface area contributed by atoms with Crippen molar-refractivity contribution in [3.63, 3.8) is 0 Å². The fourth-order valence-corrected chi connectivity index (χ4v) is 1.88. The molecule has 0 saturated carbocycles. The number of ether oxygens (including phenoxy) is 2. The van der Waals surface area contributed by atoms with Crippen LogP contribution in [-0.4, -0.2) is 42.8 Å². The third-order valence-corrected chi connectivity index (χ3v) is 3.41. The van der Waals surface area contributed by atoms with Gasteiger partial charge in [0.1, 0.15) is 0 Å². The van der Waals surface area contributed by atoms with Crippen molar-refractivity contribution in [2.75, 3.05) is 33.0 Å². The predicted octanol–water partition coefficient (Wildman–Crippen LogP) is 3.06. The second-order valence-corrected chi connectivity index (χ2v) is 5.11. The van der Waals surface area contributed by atoms with Crippen LogP contribution in [0.25, 0.3) is 0 Å². The van der Waals surface area contributed by atoms with Crippen LogP contribution in [0.1, 0.15) is 46.0 Å². The summed E-state index contributed by atoms with van der Waals surface area (Å²) in [5.74, 6) is 0. The summed E-state index contributed by atoms with van der Waals surface area (Å²) in [6.45, 7) is 8.07. The highest BCUT2D eigenvalue weighted by atomic mass is 28.2. The molecule has 2 radical (unpaired) electrons. The highest BCUT2D eigenvalue weighted by molar-refractivity contribution is 6.26. The lowest BCUT2D eigenvalue weighted by Gasteiger charge is -2.06. The van der Waals surface area contributed by atoms with Crippen LogP contribution in [0.15, 0.2) is 0 Å². The number of hydrogen-bond acceptors (Lipinski definition) is 3. The molecule has 0 aromatic rings. The number of rotatable bonds is 14. The Hall–Kier alpha value is 0.0969. The average Bonchev–Trinajstić information content (AvgIpc) is 2.35. The molecule has 3 nitrogen and oxygen atoms in total. The Morgan fingerprint density at radius 3 is 2.12 bits per heavy atom. The topological polar surface area (TPSA) is 27.7 Å². The third kappa shape index (κ3) is 16.1. The van der Waals surface area contributed by atoms with E-state index in [-0.39, 0.29) is 0 Å². The van der Waals surface area contributed by atoms with Crippen molar-refractivity contribution in [2.24, 2.45) is 0 Å². The van der Waals surface area contributed by atoms with Crippen molar-refractivity contribution in [3.05, 3.63) is 0 Å². The van der Waals surface area contributed by atoms with Gasteiger partial charge in [0.05, 0.1) is 26.4 Å². The Balaban J connectivity index is 2.85. The molecular formula is C13H28O3Si. The first-order valence-corrected chi connectivity index (χ1v) is 8.03. The molecule has 0 heterocycles. The van der Waals surface area contributed by atoms with Crippen LogP contribution in [0.5, 0.6) is 0 Å². The van der Waals surface area contributed by atoms with Gasteiger partial charge in [0.2, 0.25) is 9.76 Å². The van der Waals surface area contributed by atoms with Gasteiger partial charge in [-0.2, -0.15) is 0 Å². The molecule has 0 saturated heterocycles. The molecule has 102 valence electrons. The Morgan fingerprint density at radius 1 is 0.706 bits per heavy atom. The van der Waals surface area contributed by atoms with Gasteiger partial charge in [0.25, 0.3) is 0 Å². The van der Waals surface area contributed by atoms with Crippen LogP contribution >= 0.6 is 0 Å². The van der Waals surface area contributed by atoms with E-state index in [0.717, 1.165) is 13.2 Å². The van der Waals surface area contributed by atoms with Crippen molar-refractivity contribution < 1.29 is 13.9 Å². The summed E-state index contributed by atoms with van der Waals surface area (Å²) in [5.41, 5.74) is 0. The first-order chi connectivity index (χ1) is 8.41. The maximum Gasteiger partial charge on any atom is 0.229 e. The monoisotopic (exact) mass is 260 g/mol. The van der Waals surface area contributed by atoms with Gasteiger partial charge in [-0.3, -0.25) is 0 Å². The zero-order chi connectivity index (χ0) is 12.6. The predicted molar refractivity (Wildman–Crippen MR) is 72.6 cm³/mol. The summed E-state index contributed by atoms with van der Waals surface area (Å²) in [7, 11) is 0.633. The Labute approximate surface area is 109 Å². The van der Waals surface area contributed by atoms with E-state index >= 15 is 0 Å². The standard InChI is InChI=1S/C13H28O3Si/c1-3-5-6-7-8-14-9-10-15-11-12-16-17-13-4-2/h3-13H2,1-2H3. The lowest BCUT2D eigenvalue weighted by Crippen LogP contribution is -2.11. The molecule has 0 aromatic heterocycles. The minimum Gasteiger partial charge on any atom is -0.415 e. The van der Waals surface area contributed by atoms with Gasteiger partial charge < -0.3 is 13.9 Å². The van der Waals surface area contributed by atoms with E-state index < -0.39 is 0 Å². The summed E-state index contributed by atoms with van der Waals surface area (Å²) in [6, 6.07) is 1.17. The van der Waals surface area contributed by atoms with Gasteiger partial charge in [-0.25, -0.2) is 0 Å². The molecule has 0 aliphatic heterocycles. The van der Waals surface area contributed by atoms with E-state index in [1.807, 2.05) is 0 Å². The molecule has 0 fully saturated rings. The molecule has 17 heavy (non-hydrogen) atoms. The molecule has 0 aromatic carbocycles. The average molecular weight is 260 g/mol.